The van der Waals surface area contributed by atoms with E-state index in [0.717, 1.165) is 0 Å². The summed E-state index contributed by atoms with van der Waals surface area (Å²) in [5.74, 6) is -0.682. The first-order valence-electron chi connectivity index (χ1n) is 6.16. The van der Waals surface area contributed by atoms with Gasteiger partial charge in [-0.3, -0.25) is 4.79 Å². The topological polar surface area (TPSA) is 81.4 Å². The molecule has 3 aromatic rings. The standard InChI is InChI=1S/C13H9F2N5O2/c14-12(15)22-9-5-2-1-4-8(9)17-11(21)10-18-13-16-6-3-7-20(13)19-10/h1-7,12H,(H,17,21). The molecule has 112 valence electrons. The lowest BCUT2D eigenvalue weighted by molar-refractivity contribution is -0.0493. The molecule has 22 heavy (non-hydrogen) atoms. The molecule has 0 saturated heterocycles. The van der Waals surface area contributed by atoms with Gasteiger partial charge >= 0.3 is 6.61 Å². The number of nitrogens with one attached hydrogen (secondary N) is 1. The molecule has 1 N–H and O–H groups in total. The van der Waals surface area contributed by atoms with Crippen molar-refractivity contribution in [3.63, 3.8) is 0 Å². The minimum Gasteiger partial charge on any atom is -0.433 e. The van der Waals surface area contributed by atoms with Crippen molar-refractivity contribution >= 4 is 17.4 Å². The number of anilines is 1. The molecule has 1 amide bonds. The van der Waals surface area contributed by atoms with Crippen molar-refractivity contribution < 1.29 is 18.3 Å². The van der Waals surface area contributed by atoms with Crippen LogP contribution in [0, 0.1) is 0 Å². The zero-order valence-corrected chi connectivity index (χ0v) is 11.0. The van der Waals surface area contributed by atoms with Gasteiger partial charge in [-0.1, -0.05) is 12.1 Å². The van der Waals surface area contributed by atoms with E-state index in [1.54, 1.807) is 18.3 Å². The molecule has 0 radical (unpaired) electrons. The number of hydrogen-bond acceptors (Lipinski definition) is 5. The molecule has 0 aliphatic carbocycles. The van der Waals surface area contributed by atoms with E-state index in [4.69, 9.17) is 0 Å². The number of alkyl halides is 2. The lowest BCUT2D eigenvalue weighted by atomic mass is 10.3. The normalized spacial score (nSPS) is 10.9. The Kier molecular flexibility index (Phi) is 3.60. The molecule has 0 bridgehead atoms. The van der Waals surface area contributed by atoms with E-state index in [0.29, 0.717) is 0 Å². The Labute approximate surface area is 122 Å². The molecule has 0 unspecified atom stereocenters. The van der Waals surface area contributed by atoms with E-state index >= 15 is 0 Å². The zero-order valence-electron chi connectivity index (χ0n) is 11.0. The summed E-state index contributed by atoms with van der Waals surface area (Å²) in [6.45, 7) is -2.99. The Hall–Kier alpha value is -3.10. The summed E-state index contributed by atoms with van der Waals surface area (Å²) in [7, 11) is 0. The highest BCUT2D eigenvalue weighted by atomic mass is 19.3. The quantitative estimate of drug-likeness (QED) is 0.797. The van der Waals surface area contributed by atoms with Gasteiger partial charge in [-0.25, -0.2) is 9.50 Å². The average molecular weight is 305 g/mol. The van der Waals surface area contributed by atoms with E-state index in [9.17, 15) is 13.6 Å². The lowest BCUT2D eigenvalue weighted by Crippen LogP contribution is -2.15. The van der Waals surface area contributed by atoms with Crippen molar-refractivity contribution in [3.8, 4) is 5.75 Å². The van der Waals surface area contributed by atoms with Gasteiger partial charge in [0.25, 0.3) is 11.7 Å². The molecular weight excluding hydrogens is 296 g/mol. The van der Waals surface area contributed by atoms with Crippen molar-refractivity contribution in [2.45, 2.75) is 6.61 Å². The predicted molar refractivity (Wildman–Crippen MR) is 71.8 cm³/mol. The van der Waals surface area contributed by atoms with Crippen molar-refractivity contribution in [1.29, 1.82) is 0 Å². The molecular formula is C13H9F2N5O2. The number of rotatable bonds is 4. The Morgan fingerprint density at radius 1 is 1.27 bits per heavy atom. The second-order valence-electron chi connectivity index (χ2n) is 4.13. The molecule has 3 rings (SSSR count). The molecule has 2 aromatic heterocycles. The molecule has 1 aromatic carbocycles. The highest BCUT2D eigenvalue weighted by Gasteiger charge is 2.16. The Bertz CT molecular complexity index is 788. The Morgan fingerprint density at radius 2 is 2.09 bits per heavy atom. The fourth-order valence-electron chi connectivity index (χ4n) is 1.78. The van der Waals surface area contributed by atoms with Crippen LogP contribution in [0.4, 0.5) is 14.5 Å². The average Bonchev–Trinajstić information content (AvgIpc) is 2.93. The Morgan fingerprint density at radius 3 is 2.86 bits per heavy atom. The van der Waals surface area contributed by atoms with Gasteiger partial charge in [0, 0.05) is 12.4 Å². The molecule has 0 aliphatic heterocycles. The minimum atomic E-state index is -2.99. The first-order chi connectivity index (χ1) is 10.6. The number of benzene rings is 1. The van der Waals surface area contributed by atoms with Gasteiger partial charge in [0.05, 0.1) is 5.69 Å². The van der Waals surface area contributed by atoms with Crippen LogP contribution in [0.15, 0.2) is 42.7 Å². The van der Waals surface area contributed by atoms with Gasteiger partial charge in [0.15, 0.2) is 0 Å². The summed E-state index contributed by atoms with van der Waals surface area (Å²) in [5.41, 5.74) is 0.0969. The van der Waals surface area contributed by atoms with E-state index in [2.05, 4.69) is 25.1 Å². The van der Waals surface area contributed by atoms with Gasteiger partial charge in [-0.15, -0.1) is 5.10 Å². The van der Waals surface area contributed by atoms with Crippen molar-refractivity contribution in [3.05, 3.63) is 48.5 Å². The second-order valence-corrected chi connectivity index (χ2v) is 4.13. The molecule has 0 fully saturated rings. The fraction of sp³-hybridized carbons (Fsp3) is 0.0769. The Balaban J connectivity index is 1.85. The first kappa shape index (κ1) is 13.9. The highest BCUT2D eigenvalue weighted by molar-refractivity contribution is 6.02. The predicted octanol–water partition coefficient (Wildman–Crippen LogP) is 1.98. The fourth-order valence-corrected chi connectivity index (χ4v) is 1.78. The van der Waals surface area contributed by atoms with Crippen LogP contribution in [0.5, 0.6) is 5.75 Å². The number of carbonyl (C=O) groups is 1. The van der Waals surface area contributed by atoms with E-state index < -0.39 is 12.5 Å². The number of amides is 1. The smallest absolute Gasteiger partial charge is 0.387 e. The number of aromatic nitrogens is 4. The van der Waals surface area contributed by atoms with Crippen LogP contribution in [-0.2, 0) is 0 Å². The molecule has 0 aliphatic rings. The molecule has 7 nitrogen and oxygen atoms in total. The first-order valence-corrected chi connectivity index (χ1v) is 6.16. The molecule has 9 heteroatoms. The monoisotopic (exact) mass is 305 g/mol. The third-order valence-electron chi connectivity index (χ3n) is 2.67. The third-order valence-corrected chi connectivity index (χ3v) is 2.67. The zero-order chi connectivity index (χ0) is 15.5. The third kappa shape index (κ3) is 2.82. The maximum absolute atomic E-state index is 12.3. The number of fused-ring (bicyclic) bond motifs is 1. The van der Waals surface area contributed by atoms with Crippen LogP contribution in [0.3, 0.4) is 0 Å². The van der Waals surface area contributed by atoms with Gasteiger partial charge < -0.3 is 10.1 Å². The number of para-hydroxylation sites is 2. The summed E-state index contributed by atoms with van der Waals surface area (Å²) in [6, 6.07) is 7.48. The molecule has 0 spiro atoms. The number of halogens is 2. The maximum Gasteiger partial charge on any atom is 0.387 e. The number of ether oxygens (including phenoxy) is 1. The summed E-state index contributed by atoms with van der Waals surface area (Å²) in [6.07, 6.45) is 3.09. The van der Waals surface area contributed by atoms with E-state index in [-0.39, 0.29) is 23.0 Å². The van der Waals surface area contributed by atoms with E-state index in [1.807, 2.05) is 0 Å². The largest absolute Gasteiger partial charge is 0.433 e. The van der Waals surface area contributed by atoms with Crippen LogP contribution in [-0.4, -0.2) is 32.1 Å². The van der Waals surface area contributed by atoms with Crippen molar-refractivity contribution in [2.75, 3.05) is 5.32 Å². The highest BCUT2D eigenvalue weighted by Crippen LogP contribution is 2.25. The second kappa shape index (κ2) is 5.72. The minimum absolute atomic E-state index is 0.0969. The summed E-state index contributed by atoms with van der Waals surface area (Å²) < 4.78 is 30.3. The lowest BCUT2D eigenvalue weighted by Gasteiger charge is -2.10. The van der Waals surface area contributed by atoms with Gasteiger partial charge in [-0.05, 0) is 18.2 Å². The number of hydrogen-bond donors (Lipinski definition) is 1. The van der Waals surface area contributed by atoms with E-state index in [1.165, 1.54) is 28.9 Å². The SMILES string of the molecule is O=C(Nc1ccccc1OC(F)F)c1nc2ncccn2n1. The van der Waals surface area contributed by atoms with Gasteiger partial charge in [0.2, 0.25) is 5.82 Å². The summed E-state index contributed by atoms with van der Waals surface area (Å²) >= 11 is 0. The number of nitrogens with zero attached hydrogens (tertiary/aromatic N) is 4. The van der Waals surface area contributed by atoms with Crippen LogP contribution >= 0.6 is 0 Å². The van der Waals surface area contributed by atoms with Gasteiger partial charge in [-0.2, -0.15) is 13.8 Å². The van der Waals surface area contributed by atoms with Crippen molar-refractivity contribution in [2.24, 2.45) is 0 Å². The van der Waals surface area contributed by atoms with Gasteiger partial charge in [0.1, 0.15) is 5.75 Å². The number of carbonyl (C=O) groups excluding carboxylic acids is 1. The van der Waals surface area contributed by atoms with Crippen LogP contribution in [0.1, 0.15) is 10.6 Å². The maximum atomic E-state index is 12.3. The van der Waals surface area contributed by atoms with Crippen molar-refractivity contribution in [1.82, 2.24) is 19.6 Å². The van der Waals surface area contributed by atoms with Crippen LogP contribution in [0.2, 0.25) is 0 Å². The van der Waals surface area contributed by atoms with Crippen LogP contribution < -0.4 is 10.1 Å². The molecule has 0 atom stereocenters. The summed E-state index contributed by atoms with van der Waals surface area (Å²) in [4.78, 5) is 20.0. The summed E-state index contributed by atoms with van der Waals surface area (Å²) in [5, 5.41) is 6.37. The molecule has 2 heterocycles. The van der Waals surface area contributed by atoms with Crippen LogP contribution in [0.25, 0.3) is 5.78 Å². The molecule has 0 saturated carbocycles.